The Morgan fingerprint density at radius 2 is 2.15 bits per heavy atom. The number of hydrogen-bond donors (Lipinski definition) is 4. The van der Waals surface area contributed by atoms with E-state index in [-0.39, 0.29) is 12.3 Å². The van der Waals surface area contributed by atoms with Gasteiger partial charge in [0.25, 0.3) is 5.91 Å². The zero-order valence-electron chi connectivity index (χ0n) is 10.8. The van der Waals surface area contributed by atoms with Crippen LogP contribution in [0.3, 0.4) is 0 Å². The highest BCUT2D eigenvalue weighted by molar-refractivity contribution is 6.01. The van der Waals surface area contributed by atoms with Crippen LogP contribution in [0.4, 0.5) is 5.69 Å². The molecule has 1 atom stereocenters. The molecule has 2 rings (SSSR count). The Morgan fingerprint density at radius 3 is 2.80 bits per heavy atom. The van der Waals surface area contributed by atoms with Crippen LogP contribution in [0.15, 0.2) is 18.2 Å². The molecule has 1 aliphatic heterocycles. The molecule has 7 nitrogen and oxygen atoms in total. The number of hydrogen-bond acceptors (Lipinski definition) is 4. The van der Waals surface area contributed by atoms with E-state index in [2.05, 4.69) is 10.6 Å². The summed E-state index contributed by atoms with van der Waals surface area (Å²) in [5.41, 5.74) is -0.331. The minimum atomic E-state index is -2.02. The summed E-state index contributed by atoms with van der Waals surface area (Å²) in [6, 6.07) is 4.71. The molecule has 0 bridgehead atoms. The van der Waals surface area contributed by atoms with Gasteiger partial charge in [0.2, 0.25) is 5.91 Å². The fourth-order valence-electron chi connectivity index (χ4n) is 1.80. The van der Waals surface area contributed by atoms with Crippen molar-refractivity contribution in [2.24, 2.45) is 0 Å². The molecule has 0 aromatic heterocycles. The van der Waals surface area contributed by atoms with Crippen molar-refractivity contribution >= 4 is 23.5 Å². The Bertz CT molecular complexity index is 594. The Kier molecular flexibility index (Phi) is 3.46. The lowest BCUT2D eigenvalue weighted by molar-refractivity contribution is -0.155. The number of carbonyl (C=O) groups excluding carboxylic acids is 2. The largest absolute Gasteiger partial charge is 0.479 e. The second-order valence-corrected chi connectivity index (χ2v) is 4.86. The summed E-state index contributed by atoms with van der Waals surface area (Å²) in [6.45, 7) is 0.691. The van der Waals surface area contributed by atoms with Crippen LogP contribution in [-0.2, 0) is 16.0 Å². The number of anilines is 1. The fourth-order valence-corrected chi connectivity index (χ4v) is 1.80. The maximum atomic E-state index is 11.9. The van der Waals surface area contributed by atoms with E-state index in [1.54, 1.807) is 12.1 Å². The Labute approximate surface area is 114 Å². The van der Waals surface area contributed by atoms with Crippen molar-refractivity contribution in [3.05, 3.63) is 29.3 Å². The molecule has 0 aliphatic carbocycles. The molecular formula is C13H14N2O5. The first-order valence-corrected chi connectivity index (χ1v) is 5.96. The summed E-state index contributed by atoms with van der Waals surface area (Å²) in [5.74, 6) is -2.05. The normalized spacial score (nSPS) is 16.0. The third-order valence-corrected chi connectivity index (χ3v) is 3.05. The molecule has 0 radical (unpaired) electrons. The number of aliphatic carboxylic acids is 1. The quantitative estimate of drug-likeness (QED) is 0.606. The highest BCUT2D eigenvalue weighted by Crippen LogP contribution is 2.23. The molecular weight excluding hydrogens is 264 g/mol. The van der Waals surface area contributed by atoms with Gasteiger partial charge < -0.3 is 20.8 Å². The van der Waals surface area contributed by atoms with Crippen LogP contribution in [0.5, 0.6) is 0 Å². The van der Waals surface area contributed by atoms with Crippen molar-refractivity contribution in [3.8, 4) is 0 Å². The van der Waals surface area contributed by atoms with Gasteiger partial charge in [-0.05, 0) is 30.7 Å². The Balaban J connectivity index is 2.06. The van der Waals surface area contributed by atoms with E-state index in [0.717, 1.165) is 6.92 Å². The van der Waals surface area contributed by atoms with Gasteiger partial charge in [-0.2, -0.15) is 0 Å². The van der Waals surface area contributed by atoms with Crippen LogP contribution < -0.4 is 10.6 Å². The molecule has 0 spiro atoms. The molecule has 106 valence electrons. The van der Waals surface area contributed by atoms with Crippen LogP contribution in [0.1, 0.15) is 22.8 Å². The first-order valence-electron chi connectivity index (χ1n) is 5.96. The summed E-state index contributed by atoms with van der Waals surface area (Å²) >= 11 is 0. The molecule has 0 fully saturated rings. The molecule has 1 aromatic rings. The molecule has 2 amide bonds. The predicted octanol–water partition coefficient (Wildman–Crippen LogP) is -0.253. The summed E-state index contributed by atoms with van der Waals surface area (Å²) in [7, 11) is 0. The van der Waals surface area contributed by atoms with Gasteiger partial charge in [0.15, 0.2) is 5.60 Å². The van der Waals surface area contributed by atoms with Crippen LogP contribution in [0.25, 0.3) is 0 Å². The van der Waals surface area contributed by atoms with Crippen molar-refractivity contribution < 1.29 is 24.6 Å². The van der Waals surface area contributed by atoms with Crippen molar-refractivity contribution in [3.63, 3.8) is 0 Å². The maximum Gasteiger partial charge on any atom is 0.337 e. The standard InChI is InChI=1S/C13H14N2O5/c1-13(20,12(18)19)6-14-11(17)7-2-3-9-8(4-7)5-10(16)15-9/h2-4,20H,5-6H2,1H3,(H,14,17)(H,15,16)(H,18,19). The molecule has 1 aliphatic rings. The highest BCUT2D eigenvalue weighted by atomic mass is 16.4. The molecule has 1 unspecified atom stereocenters. The van der Waals surface area contributed by atoms with Crippen LogP contribution in [-0.4, -0.2) is 40.1 Å². The van der Waals surface area contributed by atoms with Crippen molar-refractivity contribution in [1.82, 2.24) is 5.32 Å². The lowest BCUT2D eigenvalue weighted by Gasteiger charge is -2.18. The number of carbonyl (C=O) groups is 3. The van der Waals surface area contributed by atoms with E-state index in [4.69, 9.17) is 5.11 Å². The minimum absolute atomic E-state index is 0.133. The molecule has 0 saturated carbocycles. The molecule has 20 heavy (non-hydrogen) atoms. The van der Waals surface area contributed by atoms with Gasteiger partial charge in [0.1, 0.15) is 0 Å². The third kappa shape index (κ3) is 2.77. The lowest BCUT2D eigenvalue weighted by atomic mass is 10.1. The lowest BCUT2D eigenvalue weighted by Crippen LogP contribution is -2.46. The van der Waals surface area contributed by atoms with Crippen LogP contribution in [0, 0.1) is 0 Å². The van der Waals surface area contributed by atoms with E-state index < -0.39 is 24.0 Å². The average Bonchev–Trinajstić information content (AvgIpc) is 2.74. The number of aliphatic hydroxyl groups is 1. The Morgan fingerprint density at radius 1 is 1.45 bits per heavy atom. The molecule has 0 saturated heterocycles. The van der Waals surface area contributed by atoms with E-state index in [1.165, 1.54) is 6.07 Å². The van der Waals surface area contributed by atoms with E-state index >= 15 is 0 Å². The van der Waals surface area contributed by atoms with Crippen LogP contribution in [0.2, 0.25) is 0 Å². The van der Waals surface area contributed by atoms with Gasteiger partial charge in [0, 0.05) is 11.3 Å². The second kappa shape index (κ2) is 4.93. The van der Waals surface area contributed by atoms with Crippen molar-refractivity contribution in [2.75, 3.05) is 11.9 Å². The summed E-state index contributed by atoms with van der Waals surface area (Å²) in [4.78, 5) is 33.8. The minimum Gasteiger partial charge on any atom is -0.479 e. The molecule has 7 heteroatoms. The van der Waals surface area contributed by atoms with Gasteiger partial charge in [-0.15, -0.1) is 0 Å². The number of carboxylic acids is 1. The van der Waals surface area contributed by atoms with Gasteiger partial charge in [-0.3, -0.25) is 9.59 Å². The third-order valence-electron chi connectivity index (χ3n) is 3.05. The van der Waals surface area contributed by atoms with E-state index in [9.17, 15) is 19.5 Å². The maximum absolute atomic E-state index is 11.9. The summed E-state index contributed by atoms with van der Waals surface area (Å²) < 4.78 is 0. The molecule has 1 aromatic carbocycles. The summed E-state index contributed by atoms with van der Waals surface area (Å²) in [5, 5.41) is 23.2. The number of benzene rings is 1. The highest BCUT2D eigenvalue weighted by Gasteiger charge is 2.30. The second-order valence-electron chi connectivity index (χ2n) is 4.86. The average molecular weight is 278 g/mol. The number of rotatable bonds is 4. The zero-order chi connectivity index (χ0) is 14.9. The number of amides is 2. The monoisotopic (exact) mass is 278 g/mol. The van der Waals surface area contributed by atoms with Crippen molar-refractivity contribution in [1.29, 1.82) is 0 Å². The molecule has 1 heterocycles. The predicted molar refractivity (Wildman–Crippen MR) is 69.4 cm³/mol. The zero-order valence-corrected chi connectivity index (χ0v) is 10.8. The van der Waals surface area contributed by atoms with E-state index in [1.807, 2.05) is 0 Å². The molecule has 4 N–H and O–H groups in total. The number of nitrogens with one attached hydrogen (secondary N) is 2. The first kappa shape index (κ1) is 14.0. The summed E-state index contributed by atoms with van der Waals surface area (Å²) in [6.07, 6.45) is 0.212. The van der Waals surface area contributed by atoms with Crippen LogP contribution >= 0.6 is 0 Å². The SMILES string of the molecule is CC(O)(CNC(=O)c1ccc2c(c1)CC(=O)N2)C(=O)O. The topological polar surface area (TPSA) is 116 Å². The fraction of sp³-hybridized carbons (Fsp3) is 0.308. The number of carboxylic acid groups (broad SMARTS) is 1. The smallest absolute Gasteiger partial charge is 0.337 e. The van der Waals surface area contributed by atoms with Gasteiger partial charge >= 0.3 is 5.97 Å². The Hall–Kier alpha value is -2.41. The van der Waals surface area contributed by atoms with Gasteiger partial charge in [-0.25, -0.2) is 4.79 Å². The van der Waals surface area contributed by atoms with E-state index in [0.29, 0.717) is 16.8 Å². The number of fused-ring (bicyclic) bond motifs is 1. The van der Waals surface area contributed by atoms with Gasteiger partial charge in [-0.1, -0.05) is 0 Å². The first-order chi connectivity index (χ1) is 9.29. The van der Waals surface area contributed by atoms with Gasteiger partial charge in [0.05, 0.1) is 13.0 Å². The van der Waals surface area contributed by atoms with Crippen molar-refractivity contribution in [2.45, 2.75) is 18.9 Å².